The predicted molar refractivity (Wildman–Crippen MR) is 79.0 cm³/mol. The van der Waals surface area contributed by atoms with Crippen molar-refractivity contribution in [2.75, 3.05) is 5.32 Å². The van der Waals surface area contributed by atoms with Gasteiger partial charge >= 0.3 is 0 Å². The van der Waals surface area contributed by atoms with Crippen molar-refractivity contribution in [3.63, 3.8) is 0 Å². The summed E-state index contributed by atoms with van der Waals surface area (Å²) in [5, 5.41) is 4.62. The summed E-state index contributed by atoms with van der Waals surface area (Å²) in [6.45, 7) is 1.72. The van der Waals surface area contributed by atoms with Crippen LogP contribution in [-0.2, 0) is 0 Å². The normalized spacial score (nSPS) is 10.8. The molecule has 0 saturated carbocycles. The lowest BCUT2D eigenvalue weighted by atomic mass is 10.2. The van der Waals surface area contributed by atoms with Gasteiger partial charge in [0.15, 0.2) is 5.82 Å². The molecule has 3 aromatic rings. The number of fused-ring (bicyclic) bond motifs is 1. The first-order chi connectivity index (χ1) is 9.63. The van der Waals surface area contributed by atoms with Gasteiger partial charge in [-0.1, -0.05) is 11.6 Å². The van der Waals surface area contributed by atoms with Gasteiger partial charge in [0.2, 0.25) is 0 Å². The SMILES string of the molecule is Cc1cc(Nc2nccc3cc(Cl)cnc23)ccc1F. The van der Waals surface area contributed by atoms with Gasteiger partial charge in [-0.05, 0) is 42.8 Å². The zero-order chi connectivity index (χ0) is 14.1. The van der Waals surface area contributed by atoms with Gasteiger partial charge < -0.3 is 5.32 Å². The molecular weight excluding hydrogens is 277 g/mol. The lowest BCUT2D eigenvalue weighted by molar-refractivity contribution is 0.619. The fourth-order valence-corrected chi connectivity index (χ4v) is 2.15. The molecule has 0 aliphatic heterocycles. The topological polar surface area (TPSA) is 37.8 Å². The maximum Gasteiger partial charge on any atom is 0.156 e. The first-order valence-electron chi connectivity index (χ1n) is 6.07. The van der Waals surface area contributed by atoms with Crippen LogP contribution in [0, 0.1) is 12.7 Å². The Morgan fingerprint density at radius 3 is 2.80 bits per heavy atom. The van der Waals surface area contributed by atoms with Crippen LogP contribution in [0.25, 0.3) is 10.9 Å². The smallest absolute Gasteiger partial charge is 0.156 e. The van der Waals surface area contributed by atoms with Gasteiger partial charge in [-0.25, -0.2) is 9.37 Å². The Morgan fingerprint density at radius 1 is 1.15 bits per heavy atom. The van der Waals surface area contributed by atoms with E-state index >= 15 is 0 Å². The number of nitrogens with one attached hydrogen (secondary N) is 1. The van der Waals surface area contributed by atoms with Crippen molar-refractivity contribution in [1.82, 2.24) is 9.97 Å². The summed E-state index contributed by atoms with van der Waals surface area (Å²) in [7, 11) is 0. The van der Waals surface area contributed by atoms with Crippen LogP contribution in [0.2, 0.25) is 5.02 Å². The van der Waals surface area contributed by atoms with Crippen LogP contribution in [0.3, 0.4) is 0 Å². The number of hydrogen-bond acceptors (Lipinski definition) is 3. The standard InChI is InChI=1S/C15H11ClFN3/c1-9-6-12(2-3-13(9)17)20-15-14-10(4-5-18-15)7-11(16)8-19-14/h2-8H,1H3,(H,18,20). The lowest BCUT2D eigenvalue weighted by Gasteiger charge is -2.09. The maximum absolute atomic E-state index is 13.3. The van der Waals surface area contributed by atoms with Crippen molar-refractivity contribution in [1.29, 1.82) is 0 Å². The summed E-state index contributed by atoms with van der Waals surface area (Å²) < 4.78 is 13.3. The molecule has 0 spiro atoms. The number of aromatic nitrogens is 2. The summed E-state index contributed by atoms with van der Waals surface area (Å²) in [5.74, 6) is 0.386. The predicted octanol–water partition coefficient (Wildman–Crippen LogP) is 4.47. The van der Waals surface area contributed by atoms with Crippen molar-refractivity contribution in [3.8, 4) is 0 Å². The molecule has 0 saturated heterocycles. The number of benzene rings is 1. The van der Waals surface area contributed by atoms with Gasteiger partial charge in [0.05, 0.1) is 5.02 Å². The monoisotopic (exact) mass is 287 g/mol. The van der Waals surface area contributed by atoms with Gasteiger partial charge in [0, 0.05) is 23.5 Å². The molecular formula is C15H11ClFN3. The molecule has 3 nitrogen and oxygen atoms in total. The second-order valence-electron chi connectivity index (χ2n) is 4.47. The van der Waals surface area contributed by atoms with Crippen LogP contribution < -0.4 is 5.32 Å². The number of pyridine rings is 2. The minimum Gasteiger partial charge on any atom is -0.338 e. The van der Waals surface area contributed by atoms with E-state index in [-0.39, 0.29) is 5.82 Å². The second kappa shape index (κ2) is 5.06. The molecule has 0 bridgehead atoms. The zero-order valence-corrected chi connectivity index (χ0v) is 11.4. The highest BCUT2D eigenvalue weighted by molar-refractivity contribution is 6.31. The highest BCUT2D eigenvalue weighted by Crippen LogP contribution is 2.25. The molecule has 0 aliphatic rings. The minimum atomic E-state index is -0.230. The first kappa shape index (κ1) is 12.8. The van der Waals surface area contributed by atoms with Crippen molar-refractivity contribution in [2.45, 2.75) is 6.92 Å². The highest BCUT2D eigenvalue weighted by atomic mass is 35.5. The van der Waals surface area contributed by atoms with Crippen LogP contribution >= 0.6 is 11.6 Å². The van der Waals surface area contributed by atoms with E-state index in [1.54, 1.807) is 31.5 Å². The number of nitrogens with zero attached hydrogens (tertiary/aromatic N) is 2. The number of aryl methyl sites for hydroxylation is 1. The van der Waals surface area contributed by atoms with Crippen molar-refractivity contribution < 1.29 is 4.39 Å². The highest BCUT2D eigenvalue weighted by Gasteiger charge is 2.06. The van der Waals surface area contributed by atoms with Crippen molar-refractivity contribution >= 4 is 34.0 Å². The third-order valence-corrected chi connectivity index (χ3v) is 3.19. The van der Waals surface area contributed by atoms with Gasteiger partial charge in [0.25, 0.3) is 0 Å². The summed E-state index contributed by atoms with van der Waals surface area (Å²) in [5.41, 5.74) is 2.06. The van der Waals surface area contributed by atoms with E-state index in [4.69, 9.17) is 11.6 Å². The number of rotatable bonds is 2. The summed E-state index contributed by atoms with van der Waals surface area (Å²) in [4.78, 5) is 8.56. The Bertz CT molecular complexity index is 789. The second-order valence-corrected chi connectivity index (χ2v) is 4.91. The third-order valence-electron chi connectivity index (χ3n) is 2.99. The maximum atomic E-state index is 13.3. The van der Waals surface area contributed by atoms with E-state index in [1.807, 2.05) is 12.1 Å². The van der Waals surface area contributed by atoms with Crippen LogP contribution in [-0.4, -0.2) is 9.97 Å². The molecule has 2 heterocycles. The Kier molecular flexibility index (Phi) is 3.24. The molecule has 0 aliphatic carbocycles. The minimum absolute atomic E-state index is 0.230. The Labute approximate surface area is 120 Å². The first-order valence-corrected chi connectivity index (χ1v) is 6.45. The van der Waals surface area contributed by atoms with Gasteiger partial charge in [-0.2, -0.15) is 0 Å². The van der Waals surface area contributed by atoms with Crippen LogP contribution in [0.15, 0.2) is 42.7 Å². The van der Waals surface area contributed by atoms with E-state index in [0.717, 1.165) is 16.6 Å². The molecule has 1 N–H and O–H groups in total. The fourth-order valence-electron chi connectivity index (χ4n) is 1.98. The fraction of sp³-hybridized carbons (Fsp3) is 0.0667. The van der Waals surface area contributed by atoms with Gasteiger partial charge in [-0.3, -0.25) is 4.98 Å². The Morgan fingerprint density at radius 2 is 2.00 bits per heavy atom. The Hall–Kier alpha value is -2.20. The average Bonchev–Trinajstić information content (AvgIpc) is 2.43. The number of anilines is 2. The van der Waals surface area contributed by atoms with E-state index in [1.165, 1.54) is 6.07 Å². The Balaban J connectivity index is 2.04. The van der Waals surface area contributed by atoms with E-state index in [9.17, 15) is 4.39 Å². The van der Waals surface area contributed by atoms with Crippen molar-refractivity contribution in [3.05, 3.63) is 59.1 Å². The molecule has 0 fully saturated rings. The van der Waals surface area contributed by atoms with Crippen LogP contribution in [0.1, 0.15) is 5.56 Å². The molecule has 100 valence electrons. The number of halogens is 2. The van der Waals surface area contributed by atoms with E-state index in [2.05, 4.69) is 15.3 Å². The van der Waals surface area contributed by atoms with E-state index < -0.39 is 0 Å². The molecule has 0 atom stereocenters. The largest absolute Gasteiger partial charge is 0.338 e. The molecule has 5 heteroatoms. The van der Waals surface area contributed by atoms with E-state index in [0.29, 0.717) is 16.4 Å². The molecule has 0 radical (unpaired) electrons. The van der Waals surface area contributed by atoms with Crippen molar-refractivity contribution in [2.24, 2.45) is 0 Å². The lowest BCUT2D eigenvalue weighted by Crippen LogP contribution is -1.97. The summed E-state index contributed by atoms with van der Waals surface area (Å²) in [6, 6.07) is 8.49. The van der Waals surface area contributed by atoms with Crippen LogP contribution in [0.5, 0.6) is 0 Å². The van der Waals surface area contributed by atoms with Crippen LogP contribution in [0.4, 0.5) is 15.9 Å². The molecule has 2 aromatic heterocycles. The van der Waals surface area contributed by atoms with Gasteiger partial charge in [-0.15, -0.1) is 0 Å². The number of hydrogen-bond donors (Lipinski definition) is 1. The van der Waals surface area contributed by atoms with Gasteiger partial charge in [0.1, 0.15) is 11.3 Å². The zero-order valence-electron chi connectivity index (χ0n) is 10.7. The quantitative estimate of drug-likeness (QED) is 0.755. The third kappa shape index (κ3) is 2.42. The molecule has 0 amide bonds. The average molecular weight is 288 g/mol. The molecule has 1 aromatic carbocycles. The molecule has 3 rings (SSSR count). The molecule has 20 heavy (non-hydrogen) atoms. The summed E-state index contributed by atoms with van der Waals surface area (Å²) >= 11 is 5.92. The summed E-state index contributed by atoms with van der Waals surface area (Å²) in [6.07, 6.45) is 3.26. The molecule has 0 unspecified atom stereocenters.